The SMILES string of the molecule is CC1(N[S+]([O-])C(C)(C)C)COc2c1cc(C1(C(F)(F)F)CO1)nc2-c1ccc(F)c(Cl)c1. The number of epoxide rings is 1. The van der Waals surface area contributed by atoms with Crippen LogP contribution in [0.1, 0.15) is 39.0 Å². The van der Waals surface area contributed by atoms with Crippen LogP contribution in [0.25, 0.3) is 11.3 Å². The van der Waals surface area contributed by atoms with Crippen LogP contribution >= 0.6 is 11.6 Å². The fourth-order valence-electron chi connectivity index (χ4n) is 3.40. The maximum atomic E-state index is 13.8. The molecule has 11 heteroatoms. The van der Waals surface area contributed by atoms with Crippen molar-refractivity contribution in [1.82, 2.24) is 9.71 Å². The normalized spacial score (nSPS) is 25.9. The van der Waals surface area contributed by atoms with Crippen molar-refractivity contribution in [1.29, 1.82) is 0 Å². The van der Waals surface area contributed by atoms with Gasteiger partial charge in [-0.3, -0.25) is 0 Å². The van der Waals surface area contributed by atoms with Crippen LogP contribution in [0, 0.1) is 5.82 Å². The number of halogens is 5. The van der Waals surface area contributed by atoms with Crippen LogP contribution in [-0.2, 0) is 27.2 Å². The molecular formula is C21H21ClF4N2O3S. The van der Waals surface area contributed by atoms with Gasteiger partial charge in [0.1, 0.15) is 28.4 Å². The lowest BCUT2D eigenvalue weighted by Gasteiger charge is -2.31. The molecule has 1 saturated heterocycles. The lowest BCUT2D eigenvalue weighted by Crippen LogP contribution is -2.50. The molecule has 0 aliphatic carbocycles. The minimum atomic E-state index is -4.69. The molecule has 4 rings (SSSR count). The van der Waals surface area contributed by atoms with Gasteiger partial charge in [0.25, 0.3) is 0 Å². The van der Waals surface area contributed by atoms with Gasteiger partial charge in [-0.2, -0.15) is 13.2 Å². The van der Waals surface area contributed by atoms with Crippen molar-refractivity contribution in [3.63, 3.8) is 0 Å². The third-order valence-electron chi connectivity index (χ3n) is 5.44. The van der Waals surface area contributed by atoms with Crippen LogP contribution in [0.2, 0.25) is 5.02 Å². The number of nitrogens with zero attached hydrogens (tertiary/aromatic N) is 1. The van der Waals surface area contributed by atoms with Gasteiger partial charge in [0.05, 0.1) is 17.3 Å². The van der Waals surface area contributed by atoms with E-state index in [1.165, 1.54) is 18.2 Å². The summed E-state index contributed by atoms with van der Waals surface area (Å²) in [7, 11) is 0. The topological polar surface area (TPSA) is 69.7 Å². The molecule has 2 aromatic rings. The highest BCUT2D eigenvalue weighted by Gasteiger charge is 2.68. The third kappa shape index (κ3) is 3.86. The molecular weight excluding hydrogens is 472 g/mol. The number of rotatable bonds is 4. The molecule has 1 aromatic carbocycles. The van der Waals surface area contributed by atoms with Crippen molar-refractivity contribution >= 4 is 23.0 Å². The van der Waals surface area contributed by atoms with Gasteiger partial charge in [0.15, 0.2) is 5.75 Å². The first kappa shape index (κ1) is 23.6. The molecule has 3 atom stereocenters. The Morgan fingerprint density at radius 1 is 1.19 bits per heavy atom. The van der Waals surface area contributed by atoms with Crippen LogP contribution in [0.4, 0.5) is 17.6 Å². The first-order valence-corrected chi connectivity index (χ1v) is 11.3. The zero-order valence-corrected chi connectivity index (χ0v) is 19.3. The number of alkyl halides is 3. The summed E-state index contributed by atoms with van der Waals surface area (Å²) in [4.78, 5) is 4.22. The van der Waals surface area contributed by atoms with E-state index in [2.05, 4.69) is 9.71 Å². The molecule has 2 aliphatic heterocycles. The summed E-state index contributed by atoms with van der Waals surface area (Å²) < 4.78 is 81.0. The van der Waals surface area contributed by atoms with E-state index in [1.54, 1.807) is 27.7 Å². The highest BCUT2D eigenvalue weighted by Crippen LogP contribution is 2.54. The van der Waals surface area contributed by atoms with Crippen molar-refractivity contribution in [2.24, 2.45) is 0 Å². The van der Waals surface area contributed by atoms with E-state index >= 15 is 0 Å². The molecule has 5 nitrogen and oxygen atoms in total. The summed E-state index contributed by atoms with van der Waals surface area (Å²) in [5, 5.41) is -0.204. The standard InChI is InChI=1S/C21H21ClF4N2O3S/c1-18(2,3)32(29)28-19(4)9-30-17-12(19)8-15(20(10-31-20)21(24,25)26)27-16(17)11-5-6-14(23)13(22)7-11/h5-8,28H,9-10H2,1-4H3. The molecule has 1 fully saturated rings. The average molecular weight is 493 g/mol. The molecule has 0 bridgehead atoms. The maximum Gasteiger partial charge on any atom is 0.425 e. The Balaban J connectivity index is 1.90. The minimum absolute atomic E-state index is 0.0110. The van der Waals surface area contributed by atoms with E-state index in [0.717, 1.165) is 6.07 Å². The molecule has 32 heavy (non-hydrogen) atoms. The molecule has 0 amide bonds. The molecule has 1 aromatic heterocycles. The second kappa shape index (κ2) is 7.46. The van der Waals surface area contributed by atoms with E-state index < -0.39 is 45.8 Å². The van der Waals surface area contributed by atoms with Gasteiger partial charge in [0.2, 0.25) is 5.60 Å². The molecule has 2 aliphatic rings. The molecule has 1 N–H and O–H groups in total. The van der Waals surface area contributed by atoms with E-state index in [4.69, 9.17) is 21.1 Å². The first-order chi connectivity index (χ1) is 14.7. The Kier molecular flexibility index (Phi) is 5.49. The number of aromatic nitrogens is 1. The highest BCUT2D eigenvalue weighted by atomic mass is 35.5. The second-order valence-corrected chi connectivity index (χ2v) is 11.5. The van der Waals surface area contributed by atoms with Crippen molar-refractivity contribution < 1.29 is 31.6 Å². The lowest BCUT2D eigenvalue weighted by molar-refractivity contribution is -0.188. The summed E-state index contributed by atoms with van der Waals surface area (Å²) in [6.07, 6.45) is -4.69. The number of fused-ring (bicyclic) bond motifs is 1. The van der Waals surface area contributed by atoms with Gasteiger partial charge in [-0.15, -0.1) is 4.72 Å². The third-order valence-corrected chi connectivity index (χ3v) is 7.48. The van der Waals surface area contributed by atoms with E-state index in [1.807, 2.05) is 0 Å². The number of benzene rings is 1. The molecule has 3 heterocycles. The van der Waals surface area contributed by atoms with E-state index in [-0.39, 0.29) is 34.3 Å². The Labute approximate surface area is 190 Å². The van der Waals surface area contributed by atoms with Crippen LogP contribution in [0.15, 0.2) is 24.3 Å². The molecule has 3 unspecified atom stereocenters. The van der Waals surface area contributed by atoms with Crippen LogP contribution in [0.3, 0.4) is 0 Å². The van der Waals surface area contributed by atoms with Gasteiger partial charge in [-0.25, -0.2) is 9.37 Å². The summed E-state index contributed by atoms with van der Waals surface area (Å²) in [5.41, 5.74) is -3.23. The fourth-order valence-corrected chi connectivity index (χ4v) is 4.47. The highest BCUT2D eigenvalue weighted by molar-refractivity contribution is 7.90. The predicted octanol–water partition coefficient (Wildman–Crippen LogP) is 4.99. The number of ether oxygens (including phenoxy) is 2. The number of nitrogens with one attached hydrogen (secondary N) is 1. The van der Waals surface area contributed by atoms with Gasteiger partial charge in [0, 0.05) is 22.5 Å². The predicted molar refractivity (Wildman–Crippen MR) is 112 cm³/mol. The lowest BCUT2D eigenvalue weighted by atomic mass is 9.91. The summed E-state index contributed by atoms with van der Waals surface area (Å²) in [5.74, 6) is -0.455. The summed E-state index contributed by atoms with van der Waals surface area (Å²) in [6, 6.07) is 5.02. The van der Waals surface area contributed by atoms with Gasteiger partial charge >= 0.3 is 6.18 Å². The molecule has 0 spiro atoms. The zero-order valence-electron chi connectivity index (χ0n) is 17.7. The Morgan fingerprint density at radius 2 is 1.84 bits per heavy atom. The summed E-state index contributed by atoms with van der Waals surface area (Å²) in [6.45, 7) is 6.47. The van der Waals surface area contributed by atoms with Crippen molar-refractivity contribution in [2.45, 2.75) is 49.8 Å². The first-order valence-electron chi connectivity index (χ1n) is 9.73. The second-order valence-electron chi connectivity index (χ2n) is 9.08. The zero-order chi connectivity index (χ0) is 23.7. The number of hydrogen-bond acceptors (Lipinski definition) is 5. The Morgan fingerprint density at radius 3 is 2.38 bits per heavy atom. The molecule has 174 valence electrons. The smallest absolute Gasteiger partial charge is 0.425 e. The van der Waals surface area contributed by atoms with Crippen molar-refractivity contribution in [2.75, 3.05) is 13.2 Å². The van der Waals surface area contributed by atoms with Crippen molar-refractivity contribution in [3.8, 4) is 17.0 Å². The molecule has 0 radical (unpaired) electrons. The van der Waals surface area contributed by atoms with Crippen LogP contribution in [0.5, 0.6) is 5.75 Å². The van der Waals surface area contributed by atoms with Gasteiger partial charge in [-0.05, 0) is 52.0 Å². The van der Waals surface area contributed by atoms with E-state index in [0.29, 0.717) is 5.56 Å². The van der Waals surface area contributed by atoms with Crippen molar-refractivity contribution in [3.05, 3.63) is 46.4 Å². The number of hydrogen-bond donors (Lipinski definition) is 1. The molecule has 0 saturated carbocycles. The summed E-state index contributed by atoms with van der Waals surface area (Å²) >= 11 is 4.37. The largest absolute Gasteiger partial charge is 0.598 e. The van der Waals surface area contributed by atoms with Crippen LogP contribution in [-0.4, -0.2) is 33.7 Å². The number of pyridine rings is 1. The average Bonchev–Trinajstić information content (AvgIpc) is 3.44. The van der Waals surface area contributed by atoms with Crippen LogP contribution < -0.4 is 9.46 Å². The van der Waals surface area contributed by atoms with Gasteiger partial charge in [-0.1, -0.05) is 11.6 Å². The Hall–Kier alpha value is -1.59. The van der Waals surface area contributed by atoms with E-state index in [9.17, 15) is 22.1 Å². The Bertz CT molecular complexity index is 1070. The fraction of sp³-hybridized carbons (Fsp3) is 0.476. The minimum Gasteiger partial charge on any atom is -0.598 e. The monoisotopic (exact) mass is 492 g/mol. The quantitative estimate of drug-likeness (QED) is 0.370. The van der Waals surface area contributed by atoms with Gasteiger partial charge < -0.3 is 14.0 Å². The maximum absolute atomic E-state index is 13.8.